The Labute approximate surface area is 177 Å². The van der Waals surface area contributed by atoms with E-state index >= 15 is 0 Å². The zero-order valence-corrected chi connectivity index (χ0v) is 16.7. The second-order valence-electron chi connectivity index (χ2n) is 7.29. The zero-order chi connectivity index (χ0) is 21.4. The number of halogens is 2. The minimum atomic E-state index is -2.51. The summed E-state index contributed by atoms with van der Waals surface area (Å²) >= 11 is 0. The van der Waals surface area contributed by atoms with Crippen molar-refractivity contribution in [2.24, 2.45) is 0 Å². The highest BCUT2D eigenvalue weighted by Gasteiger charge is 2.20. The van der Waals surface area contributed by atoms with Crippen LogP contribution in [0.15, 0.2) is 77.6 Å². The van der Waals surface area contributed by atoms with Crippen LogP contribution in [0.1, 0.15) is 5.56 Å². The van der Waals surface area contributed by atoms with E-state index in [0.29, 0.717) is 33.8 Å². The molecule has 0 fully saturated rings. The number of rotatable bonds is 5. The smallest absolute Gasteiger partial charge is 0.257 e. The maximum absolute atomic E-state index is 13.1. The molecule has 5 nitrogen and oxygen atoms in total. The Balaban J connectivity index is 1.69. The lowest BCUT2D eigenvalue weighted by molar-refractivity contribution is 0.122. The summed E-state index contributed by atoms with van der Waals surface area (Å²) < 4.78 is 33.3. The number of hydrogen-bond donors (Lipinski definition) is 0. The van der Waals surface area contributed by atoms with Crippen LogP contribution in [0.25, 0.3) is 44.9 Å². The molecule has 0 saturated carbocycles. The molecule has 0 N–H and O–H groups in total. The van der Waals surface area contributed by atoms with E-state index in [0.717, 1.165) is 16.7 Å². The molecule has 5 rings (SSSR count). The van der Waals surface area contributed by atoms with E-state index in [1.165, 1.54) is 11.0 Å². The molecule has 31 heavy (non-hydrogen) atoms. The predicted molar refractivity (Wildman–Crippen MR) is 115 cm³/mol. The van der Waals surface area contributed by atoms with Crippen molar-refractivity contribution in [3.05, 3.63) is 78.8 Å². The van der Waals surface area contributed by atoms with Crippen molar-refractivity contribution in [2.75, 3.05) is 0 Å². The van der Waals surface area contributed by atoms with Crippen molar-refractivity contribution in [3.63, 3.8) is 0 Å². The molecule has 0 aliphatic rings. The Hall–Kier alpha value is -3.87. The molecule has 0 atom stereocenters. The number of fused-ring (bicyclic) bond motifs is 1. The summed E-state index contributed by atoms with van der Waals surface area (Å²) in [6.07, 6.45) is 0.514. The first-order chi connectivity index (χ1) is 15.1. The summed E-state index contributed by atoms with van der Waals surface area (Å²) in [5.74, 6) is 0.661. The molecule has 0 aliphatic carbocycles. The van der Waals surface area contributed by atoms with Gasteiger partial charge in [0.05, 0.1) is 11.1 Å². The normalized spacial score (nSPS) is 11.5. The van der Waals surface area contributed by atoms with Gasteiger partial charge in [-0.05, 0) is 13.0 Å². The third-order valence-corrected chi connectivity index (χ3v) is 5.05. The molecule has 0 amide bonds. The van der Waals surface area contributed by atoms with Gasteiger partial charge in [0.1, 0.15) is 24.3 Å². The molecular weight excluding hydrogens is 398 g/mol. The molecule has 0 aliphatic heterocycles. The van der Waals surface area contributed by atoms with Gasteiger partial charge < -0.3 is 4.42 Å². The van der Waals surface area contributed by atoms with Gasteiger partial charge in [0, 0.05) is 22.9 Å². The number of furan rings is 1. The molecule has 0 radical (unpaired) electrons. The number of hydrogen-bond acceptors (Lipinski definition) is 4. The average molecular weight is 416 g/mol. The molecule has 7 heteroatoms. The van der Waals surface area contributed by atoms with Crippen LogP contribution in [-0.4, -0.2) is 26.2 Å². The molecule has 0 saturated heterocycles. The Morgan fingerprint density at radius 1 is 0.935 bits per heavy atom. The minimum Gasteiger partial charge on any atom is -0.438 e. The van der Waals surface area contributed by atoms with E-state index in [-0.39, 0.29) is 0 Å². The van der Waals surface area contributed by atoms with E-state index in [1.54, 1.807) is 6.20 Å². The van der Waals surface area contributed by atoms with Gasteiger partial charge in [0.15, 0.2) is 0 Å². The predicted octanol–water partition coefficient (Wildman–Crippen LogP) is 5.99. The molecule has 0 bridgehead atoms. The molecule has 3 heterocycles. The SMILES string of the molecule is Cc1ccc(-c2nn(CC(F)F)cc2-c2ncnc3oc(-c4ccccc4)cc23)cc1. The van der Waals surface area contributed by atoms with E-state index < -0.39 is 13.0 Å². The molecule has 154 valence electrons. The summed E-state index contributed by atoms with van der Waals surface area (Å²) in [5.41, 5.74) is 5.10. The second-order valence-corrected chi connectivity index (χ2v) is 7.29. The number of alkyl halides is 2. The third-order valence-electron chi connectivity index (χ3n) is 5.05. The Morgan fingerprint density at radius 2 is 1.71 bits per heavy atom. The highest BCUT2D eigenvalue weighted by molar-refractivity contribution is 5.95. The van der Waals surface area contributed by atoms with Crippen LogP contribution in [0, 0.1) is 6.92 Å². The van der Waals surface area contributed by atoms with Crippen molar-refractivity contribution < 1.29 is 13.2 Å². The Kier molecular flexibility index (Phi) is 4.78. The van der Waals surface area contributed by atoms with Gasteiger partial charge in [0.25, 0.3) is 6.43 Å². The average Bonchev–Trinajstić information content (AvgIpc) is 3.39. The van der Waals surface area contributed by atoms with Crippen molar-refractivity contribution >= 4 is 11.1 Å². The van der Waals surface area contributed by atoms with Crippen molar-refractivity contribution in [1.82, 2.24) is 19.7 Å². The molecule has 2 aromatic carbocycles. The lowest BCUT2D eigenvalue weighted by Crippen LogP contribution is -2.06. The topological polar surface area (TPSA) is 56.7 Å². The highest BCUT2D eigenvalue weighted by Crippen LogP contribution is 2.36. The standard InChI is InChI=1S/C24H18F2N4O/c1-15-7-9-17(10-8-15)22-19(12-30(29-22)13-21(25)26)23-18-11-20(16-5-3-2-4-6-16)31-24(18)28-14-27-23/h2-12,14,21H,13H2,1H3. The number of nitrogens with zero attached hydrogens (tertiary/aromatic N) is 4. The van der Waals surface area contributed by atoms with Gasteiger partial charge in [-0.15, -0.1) is 0 Å². The van der Waals surface area contributed by atoms with Gasteiger partial charge >= 0.3 is 0 Å². The van der Waals surface area contributed by atoms with Crippen molar-refractivity contribution in [2.45, 2.75) is 19.9 Å². The highest BCUT2D eigenvalue weighted by atomic mass is 19.3. The maximum atomic E-state index is 13.1. The Bertz CT molecular complexity index is 1340. The van der Waals surface area contributed by atoms with Crippen LogP contribution in [0.5, 0.6) is 0 Å². The minimum absolute atomic E-state index is 0.431. The monoisotopic (exact) mass is 416 g/mol. The van der Waals surface area contributed by atoms with E-state index in [1.807, 2.05) is 67.6 Å². The summed E-state index contributed by atoms with van der Waals surface area (Å²) in [6, 6.07) is 19.4. The number of aromatic nitrogens is 4. The summed E-state index contributed by atoms with van der Waals surface area (Å²) in [7, 11) is 0. The first-order valence-electron chi connectivity index (χ1n) is 9.81. The Morgan fingerprint density at radius 3 is 2.45 bits per heavy atom. The summed E-state index contributed by atoms with van der Waals surface area (Å²) in [6.45, 7) is 1.50. The van der Waals surface area contributed by atoms with Crippen LogP contribution in [0.2, 0.25) is 0 Å². The molecule has 0 spiro atoms. The fourth-order valence-electron chi connectivity index (χ4n) is 3.57. The summed E-state index contributed by atoms with van der Waals surface area (Å²) in [4.78, 5) is 8.73. The van der Waals surface area contributed by atoms with E-state index in [9.17, 15) is 8.78 Å². The lowest BCUT2D eigenvalue weighted by atomic mass is 10.0. The number of aryl methyl sites for hydroxylation is 1. The molecular formula is C24H18F2N4O. The maximum Gasteiger partial charge on any atom is 0.257 e. The van der Waals surface area contributed by atoms with Crippen LogP contribution in [0.4, 0.5) is 8.78 Å². The fraction of sp³-hybridized carbons (Fsp3) is 0.125. The largest absolute Gasteiger partial charge is 0.438 e. The van der Waals surface area contributed by atoms with Crippen LogP contribution < -0.4 is 0 Å². The fourth-order valence-corrected chi connectivity index (χ4v) is 3.57. The lowest BCUT2D eigenvalue weighted by Gasteiger charge is -2.03. The van der Waals surface area contributed by atoms with E-state index in [4.69, 9.17) is 4.42 Å². The van der Waals surface area contributed by atoms with Gasteiger partial charge in [-0.2, -0.15) is 5.10 Å². The molecule has 5 aromatic rings. The van der Waals surface area contributed by atoms with Gasteiger partial charge in [0.2, 0.25) is 5.71 Å². The van der Waals surface area contributed by atoms with E-state index in [2.05, 4.69) is 15.1 Å². The van der Waals surface area contributed by atoms with Gasteiger partial charge in [-0.3, -0.25) is 4.68 Å². The van der Waals surface area contributed by atoms with Crippen molar-refractivity contribution in [3.8, 4) is 33.8 Å². The first-order valence-corrected chi connectivity index (χ1v) is 9.81. The third kappa shape index (κ3) is 3.70. The number of benzene rings is 2. The quantitative estimate of drug-likeness (QED) is 0.353. The second kappa shape index (κ2) is 7.75. The van der Waals surface area contributed by atoms with Crippen LogP contribution >= 0.6 is 0 Å². The van der Waals surface area contributed by atoms with Crippen LogP contribution in [-0.2, 0) is 6.54 Å². The van der Waals surface area contributed by atoms with Crippen molar-refractivity contribution in [1.29, 1.82) is 0 Å². The molecule has 3 aromatic heterocycles. The first kappa shape index (κ1) is 19.1. The van der Waals surface area contributed by atoms with Gasteiger partial charge in [-0.1, -0.05) is 60.2 Å². The van der Waals surface area contributed by atoms with Gasteiger partial charge in [-0.25, -0.2) is 18.7 Å². The zero-order valence-electron chi connectivity index (χ0n) is 16.7. The molecule has 0 unspecified atom stereocenters. The summed E-state index contributed by atoms with van der Waals surface area (Å²) in [5, 5.41) is 5.14. The van der Waals surface area contributed by atoms with Crippen LogP contribution in [0.3, 0.4) is 0 Å².